The second-order valence-corrected chi connectivity index (χ2v) is 6.35. The van der Waals surface area contributed by atoms with Crippen molar-refractivity contribution in [2.24, 2.45) is 0 Å². The molecule has 1 aromatic carbocycles. The van der Waals surface area contributed by atoms with Crippen LogP contribution in [0.2, 0.25) is 0 Å². The quantitative estimate of drug-likeness (QED) is 0.611. The van der Waals surface area contributed by atoms with Crippen molar-refractivity contribution in [1.29, 1.82) is 0 Å². The minimum absolute atomic E-state index is 0.171. The summed E-state index contributed by atoms with van der Waals surface area (Å²) < 4.78 is 26.0. The number of nitrogens with one attached hydrogen (secondary N) is 1. The van der Waals surface area contributed by atoms with Gasteiger partial charge >= 0.3 is 0 Å². The number of carbonyl (C=O) groups is 1. The van der Waals surface area contributed by atoms with Gasteiger partial charge in [0.05, 0.1) is 11.4 Å². The molecule has 0 atom stereocenters. The molecule has 0 fully saturated rings. The van der Waals surface area contributed by atoms with Crippen LogP contribution in [0.4, 0.5) is 0 Å². The van der Waals surface area contributed by atoms with Gasteiger partial charge in [0.15, 0.2) is 0 Å². The number of hydrogen-bond donors (Lipinski definition) is 1. The molecule has 0 aromatic heterocycles. The molecule has 118 valence electrons. The van der Waals surface area contributed by atoms with Gasteiger partial charge in [0.25, 0.3) is 0 Å². The molecule has 0 unspecified atom stereocenters. The molecule has 0 aliphatic heterocycles. The van der Waals surface area contributed by atoms with E-state index in [-0.39, 0.29) is 17.3 Å². The average Bonchev–Trinajstić information content (AvgIpc) is 2.52. The zero-order valence-corrected chi connectivity index (χ0v) is 13.6. The molecule has 0 radical (unpaired) electrons. The molecule has 0 bridgehead atoms. The van der Waals surface area contributed by atoms with Crippen LogP contribution in [0.1, 0.15) is 19.4 Å². The van der Waals surface area contributed by atoms with E-state index in [1.807, 2.05) is 0 Å². The molecule has 1 N–H and O–H groups in total. The number of hydrogen-bond acceptors (Lipinski definition) is 3. The molecule has 5 nitrogen and oxygen atoms in total. The predicted molar refractivity (Wildman–Crippen MR) is 87.4 cm³/mol. The number of carbonyl (C=O) groups excluding carboxylic acids is 1. The Morgan fingerprint density at radius 3 is 2.36 bits per heavy atom. The summed E-state index contributed by atoms with van der Waals surface area (Å²) in [5.74, 6) is 2.01. The van der Waals surface area contributed by atoms with Crippen molar-refractivity contribution < 1.29 is 13.2 Å². The largest absolute Gasteiger partial charge is 0.342 e. The van der Waals surface area contributed by atoms with E-state index in [1.165, 1.54) is 22.5 Å². The van der Waals surface area contributed by atoms with Gasteiger partial charge in [0.1, 0.15) is 0 Å². The molecule has 1 aromatic rings. The summed E-state index contributed by atoms with van der Waals surface area (Å²) in [6, 6.07) is 6.38. The standard InChI is InChI=1S/C16H20N2O3S/c1-4-13-17-16(19)12-9-14-7-10-15(11-8-14)22(20,21)18(5-2)6-3/h1,7-12H,5-6,13H2,2-3H3,(H,17,19). The monoisotopic (exact) mass is 320 g/mol. The van der Waals surface area contributed by atoms with E-state index in [0.29, 0.717) is 13.1 Å². The van der Waals surface area contributed by atoms with Crippen LogP contribution in [0.3, 0.4) is 0 Å². The Morgan fingerprint density at radius 1 is 1.27 bits per heavy atom. The first-order chi connectivity index (χ1) is 10.5. The fourth-order valence-electron chi connectivity index (χ4n) is 1.83. The van der Waals surface area contributed by atoms with Gasteiger partial charge in [0.2, 0.25) is 15.9 Å². The summed E-state index contributed by atoms with van der Waals surface area (Å²) in [5.41, 5.74) is 0.731. The maximum atomic E-state index is 12.3. The highest BCUT2D eigenvalue weighted by Crippen LogP contribution is 2.16. The second-order valence-electron chi connectivity index (χ2n) is 4.41. The molecule has 1 rings (SSSR count). The first-order valence-corrected chi connectivity index (χ1v) is 8.39. The van der Waals surface area contributed by atoms with E-state index in [9.17, 15) is 13.2 Å². The Morgan fingerprint density at radius 2 is 1.86 bits per heavy atom. The lowest BCUT2D eigenvalue weighted by atomic mass is 10.2. The van der Waals surface area contributed by atoms with Crippen LogP contribution < -0.4 is 5.32 Å². The zero-order valence-electron chi connectivity index (χ0n) is 12.7. The lowest BCUT2D eigenvalue weighted by molar-refractivity contribution is -0.116. The van der Waals surface area contributed by atoms with Crippen molar-refractivity contribution in [3.05, 3.63) is 35.9 Å². The lowest BCUT2D eigenvalue weighted by Gasteiger charge is -2.18. The molecule has 0 aliphatic carbocycles. The molecule has 0 spiro atoms. The van der Waals surface area contributed by atoms with Crippen molar-refractivity contribution >= 4 is 22.0 Å². The summed E-state index contributed by atoms with van der Waals surface area (Å²) in [4.78, 5) is 11.6. The lowest BCUT2D eigenvalue weighted by Crippen LogP contribution is -2.30. The summed E-state index contributed by atoms with van der Waals surface area (Å²) in [5, 5.41) is 2.50. The third-order valence-corrected chi connectivity index (χ3v) is 5.08. The Kier molecular flexibility index (Phi) is 6.83. The molecule has 6 heteroatoms. The molecule has 0 saturated carbocycles. The Labute approximate surface area is 132 Å². The highest BCUT2D eigenvalue weighted by molar-refractivity contribution is 7.89. The molecular formula is C16H20N2O3S. The summed E-state index contributed by atoms with van der Waals surface area (Å²) in [7, 11) is -3.45. The average molecular weight is 320 g/mol. The maximum Gasteiger partial charge on any atom is 0.244 e. The summed E-state index contributed by atoms with van der Waals surface area (Å²) in [6.07, 6.45) is 7.99. The highest BCUT2D eigenvalue weighted by atomic mass is 32.2. The third-order valence-electron chi connectivity index (χ3n) is 3.02. The minimum Gasteiger partial charge on any atom is -0.342 e. The molecule has 22 heavy (non-hydrogen) atoms. The molecule has 0 aliphatic rings. The van der Waals surface area contributed by atoms with Gasteiger partial charge < -0.3 is 5.32 Å². The topological polar surface area (TPSA) is 66.5 Å². The number of terminal acetylenes is 1. The number of rotatable bonds is 7. The highest BCUT2D eigenvalue weighted by Gasteiger charge is 2.20. The van der Waals surface area contributed by atoms with Crippen molar-refractivity contribution in [3.8, 4) is 12.3 Å². The first-order valence-electron chi connectivity index (χ1n) is 6.95. The number of nitrogens with zero attached hydrogens (tertiary/aromatic N) is 1. The maximum absolute atomic E-state index is 12.3. The van der Waals surface area contributed by atoms with Gasteiger partial charge in [-0.3, -0.25) is 4.79 Å². The van der Waals surface area contributed by atoms with E-state index >= 15 is 0 Å². The second kappa shape index (κ2) is 8.37. The van der Waals surface area contributed by atoms with Crippen molar-refractivity contribution in [2.75, 3.05) is 19.6 Å². The fourth-order valence-corrected chi connectivity index (χ4v) is 3.29. The SMILES string of the molecule is C#CCNC(=O)C=Cc1ccc(S(=O)(=O)N(CC)CC)cc1. The van der Waals surface area contributed by atoms with Crippen LogP contribution in [0, 0.1) is 12.3 Å². The molecule has 0 heterocycles. The van der Waals surface area contributed by atoms with Gasteiger partial charge in [0, 0.05) is 19.2 Å². The van der Waals surface area contributed by atoms with E-state index in [0.717, 1.165) is 5.56 Å². The number of sulfonamides is 1. The van der Waals surface area contributed by atoms with E-state index in [2.05, 4.69) is 11.2 Å². The van der Waals surface area contributed by atoms with E-state index in [1.54, 1.807) is 32.1 Å². The Bertz CT molecular complexity index is 666. The van der Waals surface area contributed by atoms with Gasteiger partial charge in [-0.1, -0.05) is 31.9 Å². The summed E-state index contributed by atoms with van der Waals surface area (Å²) in [6.45, 7) is 4.62. The van der Waals surface area contributed by atoms with Gasteiger partial charge in [-0.2, -0.15) is 4.31 Å². The van der Waals surface area contributed by atoms with Crippen LogP contribution in [-0.4, -0.2) is 38.3 Å². The van der Waals surface area contributed by atoms with Crippen LogP contribution >= 0.6 is 0 Å². The third kappa shape index (κ3) is 4.72. The van der Waals surface area contributed by atoms with Crippen LogP contribution in [0.15, 0.2) is 35.2 Å². The molecule has 1 amide bonds. The molecule has 0 saturated heterocycles. The zero-order chi connectivity index (χ0) is 16.6. The van der Waals surface area contributed by atoms with E-state index in [4.69, 9.17) is 6.42 Å². The van der Waals surface area contributed by atoms with Crippen LogP contribution in [0.25, 0.3) is 6.08 Å². The van der Waals surface area contributed by atoms with E-state index < -0.39 is 10.0 Å². The van der Waals surface area contributed by atoms with Gasteiger partial charge in [-0.25, -0.2) is 8.42 Å². The summed E-state index contributed by atoms with van der Waals surface area (Å²) >= 11 is 0. The number of benzene rings is 1. The number of amides is 1. The normalized spacial score (nSPS) is 11.5. The minimum atomic E-state index is -3.45. The first kappa shape index (κ1) is 18.0. The Hall–Kier alpha value is -2.10. The fraction of sp³-hybridized carbons (Fsp3) is 0.312. The van der Waals surface area contributed by atoms with Crippen LogP contribution in [0.5, 0.6) is 0 Å². The van der Waals surface area contributed by atoms with Crippen LogP contribution in [-0.2, 0) is 14.8 Å². The smallest absolute Gasteiger partial charge is 0.244 e. The van der Waals surface area contributed by atoms with Crippen molar-refractivity contribution in [2.45, 2.75) is 18.7 Å². The Balaban J connectivity index is 2.85. The van der Waals surface area contributed by atoms with Crippen molar-refractivity contribution in [3.63, 3.8) is 0 Å². The van der Waals surface area contributed by atoms with Crippen molar-refractivity contribution in [1.82, 2.24) is 9.62 Å². The van der Waals surface area contributed by atoms with Gasteiger partial charge in [-0.15, -0.1) is 6.42 Å². The van der Waals surface area contributed by atoms with Gasteiger partial charge in [-0.05, 0) is 23.8 Å². The predicted octanol–water partition coefficient (Wildman–Crippen LogP) is 1.48. The molecular weight excluding hydrogens is 300 g/mol.